The first-order valence-electron chi connectivity index (χ1n) is 2.87. The van der Waals surface area contributed by atoms with Crippen LogP contribution in [0.15, 0.2) is 23.4 Å². The van der Waals surface area contributed by atoms with Crippen molar-refractivity contribution < 1.29 is 0 Å². The van der Waals surface area contributed by atoms with Gasteiger partial charge in [0.2, 0.25) is 0 Å². The van der Waals surface area contributed by atoms with Gasteiger partial charge in [-0.1, -0.05) is 0 Å². The quantitative estimate of drug-likeness (QED) is 0.562. The van der Waals surface area contributed by atoms with E-state index in [0.29, 0.717) is 0 Å². The maximum absolute atomic E-state index is 3.92. The van der Waals surface area contributed by atoms with E-state index in [2.05, 4.69) is 14.9 Å². The Bertz CT molecular complexity index is 271. The summed E-state index contributed by atoms with van der Waals surface area (Å²) in [5.74, 6) is 0. The first kappa shape index (κ1) is 5.73. The molecule has 2 heterocycles. The van der Waals surface area contributed by atoms with Crippen LogP contribution in [0.3, 0.4) is 0 Å². The predicted molar refractivity (Wildman–Crippen MR) is 40.1 cm³/mol. The Hall–Kier alpha value is -1.03. The number of rotatable bonds is 0. The molecule has 0 saturated heterocycles. The molecule has 4 heteroatoms. The van der Waals surface area contributed by atoms with E-state index in [0.717, 1.165) is 10.6 Å². The molecule has 3 nitrogen and oxygen atoms in total. The molecule has 0 aromatic carbocycles. The summed E-state index contributed by atoms with van der Waals surface area (Å²) in [6.07, 6.45) is 5.44. The van der Waals surface area contributed by atoms with Crippen molar-refractivity contribution in [3.63, 3.8) is 0 Å². The Labute approximate surface area is 62.7 Å². The van der Waals surface area contributed by atoms with Crippen LogP contribution < -0.4 is 4.72 Å². The van der Waals surface area contributed by atoms with Crippen LogP contribution in [0.5, 0.6) is 0 Å². The van der Waals surface area contributed by atoms with Gasteiger partial charge in [0.15, 0.2) is 0 Å². The van der Waals surface area contributed by atoms with Gasteiger partial charge in [-0.2, -0.15) is 5.10 Å². The maximum atomic E-state index is 3.92. The second-order valence-electron chi connectivity index (χ2n) is 1.83. The lowest BCUT2D eigenvalue weighted by Crippen LogP contribution is -2.00. The lowest BCUT2D eigenvalue weighted by Gasteiger charge is -2.06. The maximum Gasteiger partial charge on any atom is 0.103 e. The minimum absolute atomic E-state index is 0.936. The molecule has 1 N–H and O–H groups in total. The van der Waals surface area contributed by atoms with Gasteiger partial charge in [0.05, 0.1) is 11.1 Å². The summed E-state index contributed by atoms with van der Waals surface area (Å²) in [5.41, 5.74) is 0.936. The Balaban J connectivity index is 2.54. The van der Waals surface area contributed by atoms with Crippen molar-refractivity contribution >= 4 is 18.0 Å². The Morgan fingerprint density at radius 1 is 1.50 bits per heavy atom. The van der Waals surface area contributed by atoms with E-state index in [1.165, 1.54) is 0 Å². The average Bonchev–Trinajstić information content (AvgIpc) is 2.05. The second kappa shape index (κ2) is 2.30. The summed E-state index contributed by atoms with van der Waals surface area (Å²) in [4.78, 5) is 1.12. The molecular formula is C6H5N3S. The molecule has 0 aliphatic carbocycles. The lowest BCUT2D eigenvalue weighted by molar-refractivity contribution is 0.975. The van der Waals surface area contributed by atoms with Gasteiger partial charge in [-0.15, -0.1) is 5.10 Å². The van der Waals surface area contributed by atoms with Gasteiger partial charge in [0.1, 0.15) is 5.69 Å². The third-order valence-corrected chi connectivity index (χ3v) is 2.01. The molecule has 10 heavy (non-hydrogen) atoms. The van der Waals surface area contributed by atoms with Crippen LogP contribution in [0.1, 0.15) is 5.69 Å². The zero-order valence-electron chi connectivity index (χ0n) is 5.11. The second-order valence-corrected chi connectivity index (χ2v) is 2.71. The lowest BCUT2D eigenvalue weighted by atomic mass is 10.4. The van der Waals surface area contributed by atoms with Crippen LogP contribution in [0.2, 0.25) is 0 Å². The molecule has 0 radical (unpaired) electrons. The third-order valence-electron chi connectivity index (χ3n) is 1.19. The third kappa shape index (κ3) is 0.863. The van der Waals surface area contributed by atoms with E-state index >= 15 is 0 Å². The highest BCUT2D eigenvalue weighted by Gasteiger charge is 2.03. The van der Waals surface area contributed by atoms with Crippen LogP contribution in [-0.2, 0) is 0 Å². The van der Waals surface area contributed by atoms with E-state index in [9.17, 15) is 0 Å². The van der Waals surface area contributed by atoms with Crippen LogP contribution in [0.25, 0.3) is 6.08 Å². The normalized spacial score (nSPS) is 14.0. The van der Waals surface area contributed by atoms with Gasteiger partial charge >= 0.3 is 0 Å². The van der Waals surface area contributed by atoms with Crippen molar-refractivity contribution in [2.75, 3.05) is 0 Å². The highest BCUT2D eigenvalue weighted by Crippen LogP contribution is 2.21. The summed E-state index contributed by atoms with van der Waals surface area (Å²) in [6, 6.07) is 1.93. The topological polar surface area (TPSA) is 37.8 Å². The predicted octanol–water partition coefficient (Wildman–Crippen LogP) is 1.06. The molecule has 0 saturated carbocycles. The summed E-state index contributed by atoms with van der Waals surface area (Å²) in [7, 11) is 0. The van der Waals surface area contributed by atoms with Crippen molar-refractivity contribution in [3.05, 3.63) is 24.2 Å². The van der Waals surface area contributed by atoms with Crippen LogP contribution in [-0.4, -0.2) is 10.2 Å². The van der Waals surface area contributed by atoms with Gasteiger partial charge < -0.3 is 4.72 Å². The molecule has 50 valence electrons. The zero-order valence-corrected chi connectivity index (χ0v) is 5.93. The molecule has 0 atom stereocenters. The Morgan fingerprint density at radius 3 is 3.40 bits per heavy atom. The minimum atomic E-state index is 0.936. The standard InChI is InChI=1S/C6H5N3S/c1-4-8-10-6-2-3-7-9-5(1)6/h1-4,8H. The van der Waals surface area contributed by atoms with Gasteiger partial charge in [-0.05, 0) is 24.1 Å². The summed E-state index contributed by atoms with van der Waals surface area (Å²) in [6.45, 7) is 0. The fourth-order valence-corrected chi connectivity index (χ4v) is 1.35. The molecule has 1 aromatic heterocycles. The Morgan fingerprint density at radius 2 is 2.50 bits per heavy atom. The summed E-state index contributed by atoms with van der Waals surface area (Å²) in [5, 5.41) is 7.68. The van der Waals surface area contributed by atoms with Crippen molar-refractivity contribution in [2.24, 2.45) is 0 Å². The highest BCUT2D eigenvalue weighted by molar-refractivity contribution is 7.97. The SMILES string of the molecule is C1=Cc2nnccc2SN1. The van der Waals surface area contributed by atoms with Crippen LogP contribution >= 0.6 is 11.9 Å². The molecule has 0 fully saturated rings. The van der Waals surface area contributed by atoms with E-state index < -0.39 is 0 Å². The zero-order chi connectivity index (χ0) is 6.81. The van der Waals surface area contributed by atoms with E-state index in [4.69, 9.17) is 0 Å². The van der Waals surface area contributed by atoms with E-state index in [1.807, 2.05) is 18.3 Å². The fourth-order valence-electron chi connectivity index (χ4n) is 0.743. The minimum Gasteiger partial charge on any atom is -0.332 e. The average molecular weight is 151 g/mol. The van der Waals surface area contributed by atoms with Gasteiger partial charge in [0.25, 0.3) is 0 Å². The van der Waals surface area contributed by atoms with Gasteiger partial charge in [-0.3, -0.25) is 0 Å². The van der Waals surface area contributed by atoms with E-state index in [-0.39, 0.29) is 0 Å². The highest BCUT2D eigenvalue weighted by atomic mass is 32.2. The molecule has 0 unspecified atom stereocenters. The Kier molecular flexibility index (Phi) is 1.32. The number of nitrogens with zero attached hydrogens (tertiary/aromatic N) is 2. The molecule has 1 aliphatic rings. The molecular weight excluding hydrogens is 146 g/mol. The van der Waals surface area contributed by atoms with Gasteiger partial charge in [-0.25, -0.2) is 0 Å². The largest absolute Gasteiger partial charge is 0.332 e. The molecule has 2 rings (SSSR count). The smallest absolute Gasteiger partial charge is 0.103 e. The van der Waals surface area contributed by atoms with Crippen LogP contribution in [0, 0.1) is 0 Å². The molecule has 0 amide bonds. The number of hydrogen-bond acceptors (Lipinski definition) is 4. The van der Waals surface area contributed by atoms with Crippen molar-refractivity contribution in [3.8, 4) is 0 Å². The fraction of sp³-hybridized carbons (Fsp3) is 0. The van der Waals surface area contributed by atoms with Crippen LogP contribution in [0.4, 0.5) is 0 Å². The first-order valence-corrected chi connectivity index (χ1v) is 3.69. The number of hydrogen-bond donors (Lipinski definition) is 1. The van der Waals surface area contributed by atoms with Crippen molar-refractivity contribution in [1.82, 2.24) is 14.9 Å². The molecule has 0 bridgehead atoms. The number of aromatic nitrogens is 2. The number of fused-ring (bicyclic) bond motifs is 1. The summed E-state index contributed by atoms with van der Waals surface area (Å²) < 4.78 is 3.01. The van der Waals surface area contributed by atoms with Crippen molar-refractivity contribution in [1.29, 1.82) is 0 Å². The monoisotopic (exact) mass is 151 g/mol. The number of nitrogens with one attached hydrogen (secondary N) is 1. The summed E-state index contributed by atoms with van der Waals surface area (Å²) >= 11 is 1.55. The first-order chi connectivity index (χ1) is 4.97. The molecule has 1 aliphatic heterocycles. The molecule has 1 aromatic rings. The van der Waals surface area contributed by atoms with E-state index in [1.54, 1.807) is 18.1 Å². The van der Waals surface area contributed by atoms with Gasteiger partial charge in [0, 0.05) is 6.20 Å². The molecule has 0 spiro atoms. The van der Waals surface area contributed by atoms with Crippen molar-refractivity contribution in [2.45, 2.75) is 4.90 Å².